The first kappa shape index (κ1) is 23.5. The number of carbonyl (C=O) groups is 3. The summed E-state index contributed by atoms with van der Waals surface area (Å²) >= 11 is 0. The Morgan fingerprint density at radius 3 is 2.81 bits per heavy atom. The number of nitrogens with two attached hydrogens (primary N) is 1. The Labute approximate surface area is 206 Å². The molecule has 11 heteroatoms. The Morgan fingerprint density at radius 2 is 2.11 bits per heavy atom. The van der Waals surface area contributed by atoms with Gasteiger partial charge in [-0.25, -0.2) is 0 Å². The molecule has 36 heavy (non-hydrogen) atoms. The number of imide groups is 1. The Morgan fingerprint density at radius 1 is 1.33 bits per heavy atom. The molecule has 0 spiro atoms. The maximum absolute atomic E-state index is 13.5. The first-order valence-electron chi connectivity index (χ1n) is 11.4. The molecule has 3 amide bonds. The predicted octanol–water partition coefficient (Wildman–Crippen LogP) is 0.720. The minimum atomic E-state index is -1.38. The largest absolute Gasteiger partial charge is 0.497 e. The Hall–Kier alpha value is -4.25. The number of amides is 3. The van der Waals surface area contributed by atoms with Gasteiger partial charge in [0.15, 0.2) is 0 Å². The predicted molar refractivity (Wildman–Crippen MR) is 131 cm³/mol. The topological polar surface area (TPSA) is 173 Å². The van der Waals surface area contributed by atoms with Gasteiger partial charge in [0.05, 0.1) is 25.4 Å². The molecule has 1 saturated heterocycles. The lowest BCUT2D eigenvalue weighted by atomic mass is 9.85. The van der Waals surface area contributed by atoms with Crippen molar-refractivity contribution in [1.82, 2.24) is 15.5 Å². The normalized spacial score (nSPS) is 19.5. The molecule has 186 valence electrons. The monoisotopic (exact) mass is 490 g/mol. The van der Waals surface area contributed by atoms with Crippen LogP contribution < -0.4 is 21.1 Å². The van der Waals surface area contributed by atoms with Crippen LogP contribution in [0.15, 0.2) is 39.8 Å². The quantitative estimate of drug-likeness (QED) is 0.251. The minimum absolute atomic E-state index is 0.0158. The number of ether oxygens (including phenoxy) is 1. The van der Waals surface area contributed by atoms with E-state index >= 15 is 0 Å². The second kappa shape index (κ2) is 8.76. The number of aliphatic imine (C=N–C) groups is 1. The summed E-state index contributed by atoms with van der Waals surface area (Å²) in [5.41, 5.74) is 6.55. The van der Waals surface area contributed by atoms with Crippen LogP contribution in [0.25, 0.3) is 6.08 Å². The maximum Gasteiger partial charge on any atom is 0.254 e. The molecule has 5 N–H and O–H groups in total. The van der Waals surface area contributed by atoms with Crippen LogP contribution in [-0.2, 0) is 28.1 Å². The van der Waals surface area contributed by atoms with Gasteiger partial charge in [-0.15, -0.1) is 0 Å². The summed E-state index contributed by atoms with van der Waals surface area (Å²) in [4.78, 5) is 45.1. The summed E-state index contributed by atoms with van der Waals surface area (Å²) in [5, 5.41) is 13.0. The van der Waals surface area contributed by atoms with Crippen molar-refractivity contribution in [2.24, 2.45) is 10.7 Å². The van der Waals surface area contributed by atoms with Crippen LogP contribution in [0.2, 0.25) is 0 Å². The van der Waals surface area contributed by atoms with Crippen molar-refractivity contribution in [1.29, 1.82) is 5.41 Å². The van der Waals surface area contributed by atoms with Gasteiger partial charge in [0.2, 0.25) is 11.8 Å². The number of hydrogen-bond acceptors (Lipinski definition) is 8. The SMILES string of the molecule is COc1ccc2c(c1)C(=O)N(CC(C)(C(=O)NC(=O)C1CN1)c1cc3c(o1)C=CC(C(=N)N)=NC3)C2. The maximum atomic E-state index is 13.5. The summed E-state index contributed by atoms with van der Waals surface area (Å²) in [6.45, 7) is 2.66. The highest BCUT2D eigenvalue weighted by atomic mass is 16.5. The molecular formula is C25H26N6O5. The van der Waals surface area contributed by atoms with Crippen LogP contribution in [0.5, 0.6) is 5.75 Å². The number of rotatable bonds is 7. The lowest BCUT2D eigenvalue weighted by Gasteiger charge is -2.30. The van der Waals surface area contributed by atoms with Crippen molar-refractivity contribution in [2.45, 2.75) is 31.5 Å². The fourth-order valence-corrected chi connectivity index (χ4v) is 4.35. The highest BCUT2D eigenvalue weighted by molar-refractivity contribution is 6.44. The van der Waals surface area contributed by atoms with E-state index in [-0.39, 0.29) is 24.8 Å². The highest BCUT2D eigenvalue weighted by Gasteiger charge is 2.45. The van der Waals surface area contributed by atoms with Gasteiger partial charge in [-0.05, 0) is 42.8 Å². The highest BCUT2D eigenvalue weighted by Crippen LogP contribution is 2.35. The molecule has 0 saturated carbocycles. The molecule has 5 rings (SSSR count). The molecular weight excluding hydrogens is 464 g/mol. The van der Waals surface area contributed by atoms with Gasteiger partial charge in [0.1, 0.15) is 28.5 Å². The number of nitrogens with one attached hydrogen (secondary N) is 3. The summed E-state index contributed by atoms with van der Waals surface area (Å²) < 4.78 is 11.4. The van der Waals surface area contributed by atoms with Crippen LogP contribution in [0, 0.1) is 5.41 Å². The zero-order valence-corrected chi connectivity index (χ0v) is 19.9. The molecule has 1 aromatic heterocycles. The third kappa shape index (κ3) is 4.17. The molecule has 0 aliphatic carbocycles. The Kier molecular flexibility index (Phi) is 5.71. The Balaban J connectivity index is 1.47. The van der Waals surface area contributed by atoms with Gasteiger partial charge in [0.25, 0.3) is 5.91 Å². The number of methoxy groups -OCH3 is 1. The van der Waals surface area contributed by atoms with Crippen LogP contribution in [-0.4, -0.2) is 60.4 Å². The number of fused-ring (bicyclic) bond motifs is 2. The Bertz CT molecular complexity index is 1350. The van der Waals surface area contributed by atoms with E-state index in [1.165, 1.54) is 7.11 Å². The van der Waals surface area contributed by atoms with Crippen LogP contribution in [0.3, 0.4) is 0 Å². The molecule has 11 nitrogen and oxygen atoms in total. The molecule has 2 unspecified atom stereocenters. The number of benzene rings is 1. The van der Waals surface area contributed by atoms with Gasteiger partial charge < -0.3 is 25.1 Å². The molecule has 3 aliphatic rings. The third-order valence-corrected chi connectivity index (χ3v) is 6.64. The molecule has 2 atom stereocenters. The average molecular weight is 491 g/mol. The third-order valence-electron chi connectivity index (χ3n) is 6.64. The van der Waals surface area contributed by atoms with E-state index in [4.69, 9.17) is 20.3 Å². The van der Waals surface area contributed by atoms with Crippen molar-refractivity contribution >= 4 is 35.3 Å². The van der Waals surface area contributed by atoms with Crippen molar-refractivity contribution in [3.05, 3.63) is 58.6 Å². The van der Waals surface area contributed by atoms with Gasteiger partial charge in [-0.3, -0.25) is 30.1 Å². The van der Waals surface area contributed by atoms with Gasteiger partial charge in [-0.2, -0.15) is 0 Å². The second-order valence-corrected chi connectivity index (χ2v) is 9.24. The number of amidine groups is 1. The van der Waals surface area contributed by atoms with Crippen LogP contribution >= 0.6 is 0 Å². The fraction of sp³-hybridized carbons (Fsp3) is 0.320. The summed E-state index contributed by atoms with van der Waals surface area (Å²) in [6, 6.07) is 6.61. The molecule has 1 aromatic carbocycles. The van der Waals surface area contributed by atoms with E-state index < -0.39 is 23.3 Å². The molecule has 0 bridgehead atoms. The first-order chi connectivity index (χ1) is 17.2. The van der Waals surface area contributed by atoms with E-state index in [9.17, 15) is 14.4 Å². The van der Waals surface area contributed by atoms with Gasteiger partial charge in [0, 0.05) is 30.8 Å². The number of furan rings is 1. The lowest BCUT2D eigenvalue weighted by molar-refractivity contribution is -0.134. The van der Waals surface area contributed by atoms with Gasteiger partial charge in [-0.1, -0.05) is 6.07 Å². The van der Waals surface area contributed by atoms with Crippen LogP contribution in [0.4, 0.5) is 0 Å². The molecule has 2 aromatic rings. The second-order valence-electron chi connectivity index (χ2n) is 9.24. The van der Waals surface area contributed by atoms with Gasteiger partial charge >= 0.3 is 0 Å². The minimum Gasteiger partial charge on any atom is -0.497 e. The first-order valence-corrected chi connectivity index (χ1v) is 11.4. The summed E-state index contributed by atoms with van der Waals surface area (Å²) in [5.74, 6) is -0.0364. The number of hydrogen-bond donors (Lipinski definition) is 4. The van der Waals surface area contributed by atoms with Crippen molar-refractivity contribution in [3.63, 3.8) is 0 Å². The smallest absolute Gasteiger partial charge is 0.254 e. The van der Waals surface area contributed by atoms with E-state index in [1.807, 2.05) is 6.07 Å². The molecule has 0 radical (unpaired) electrons. The molecule has 1 fully saturated rings. The molecule has 3 aliphatic heterocycles. The lowest BCUT2D eigenvalue weighted by Crippen LogP contribution is -2.52. The van der Waals surface area contributed by atoms with Crippen molar-refractivity contribution in [3.8, 4) is 5.75 Å². The zero-order chi connectivity index (χ0) is 25.6. The number of carbonyl (C=O) groups excluding carboxylic acids is 3. The van der Waals surface area contributed by atoms with Crippen molar-refractivity contribution in [2.75, 3.05) is 20.2 Å². The van der Waals surface area contributed by atoms with Crippen molar-refractivity contribution < 1.29 is 23.5 Å². The molecule has 4 heterocycles. The standard InChI is InChI=1S/C25H26N6O5/c1-25(24(34)30-22(32)18-10-29-18,12-31-11-13-3-4-15(35-2)8-16(13)23(31)33)20-7-14-9-28-17(21(26)27)5-6-19(14)36-20/h3-8,18,29H,9-12H2,1-2H3,(H3,26,27)(H,30,32,34). The van der Waals surface area contributed by atoms with E-state index in [0.717, 1.165) is 5.56 Å². The fourth-order valence-electron chi connectivity index (χ4n) is 4.35. The van der Waals surface area contributed by atoms with Crippen LogP contribution in [0.1, 0.15) is 39.9 Å². The number of nitrogens with zero attached hydrogens (tertiary/aromatic N) is 2. The van der Waals surface area contributed by atoms with E-state index in [2.05, 4.69) is 15.6 Å². The summed E-state index contributed by atoms with van der Waals surface area (Å²) in [7, 11) is 1.53. The van der Waals surface area contributed by atoms with E-state index in [0.29, 0.717) is 47.2 Å². The summed E-state index contributed by atoms with van der Waals surface area (Å²) in [6.07, 6.45) is 3.22. The zero-order valence-electron chi connectivity index (χ0n) is 19.9. The van der Waals surface area contributed by atoms with E-state index in [1.54, 1.807) is 42.2 Å². The average Bonchev–Trinajstić information content (AvgIpc) is 3.61.